The molecule has 4 nitrogen and oxygen atoms in total. The summed E-state index contributed by atoms with van der Waals surface area (Å²) in [6, 6.07) is 6.72. The summed E-state index contributed by atoms with van der Waals surface area (Å²) < 4.78 is 29.0. The lowest BCUT2D eigenvalue weighted by atomic mass is 9.83. The molecule has 0 amide bonds. The fourth-order valence-electron chi connectivity index (χ4n) is 2.50. The summed E-state index contributed by atoms with van der Waals surface area (Å²) in [7, 11) is -3.27. The molecule has 5 heteroatoms. The van der Waals surface area contributed by atoms with Gasteiger partial charge in [-0.25, -0.2) is 8.42 Å². The first kappa shape index (κ1) is 14.3. The van der Waals surface area contributed by atoms with Gasteiger partial charge in [0.05, 0.1) is 5.54 Å². The van der Waals surface area contributed by atoms with Crippen molar-refractivity contribution in [1.29, 1.82) is 0 Å². The lowest BCUT2D eigenvalue weighted by Crippen LogP contribution is -2.47. The molecule has 0 bridgehead atoms. The van der Waals surface area contributed by atoms with Crippen molar-refractivity contribution >= 4 is 9.84 Å². The molecule has 0 saturated heterocycles. The Balaban J connectivity index is 2.12. The molecule has 2 rings (SSSR count). The number of ether oxygens (including phenoxy) is 1. The smallest absolute Gasteiger partial charge is 0.179 e. The normalized spacial score (nSPS) is 19.1. The van der Waals surface area contributed by atoms with Crippen LogP contribution in [0.4, 0.5) is 0 Å². The van der Waals surface area contributed by atoms with Crippen LogP contribution >= 0.6 is 0 Å². The maximum atomic E-state index is 11.7. The monoisotopic (exact) mass is 283 g/mol. The van der Waals surface area contributed by atoms with Crippen molar-refractivity contribution < 1.29 is 13.2 Å². The molecule has 1 aliphatic rings. The van der Waals surface area contributed by atoms with Crippen molar-refractivity contribution in [1.82, 2.24) is 0 Å². The lowest BCUT2D eigenvalue weighted by molar-refractivity contribution is 0.171. The molecule has 1 aliphatic carbocycles. The van der Waals surface area contributed by atoms with Crippen molar-refractivity contribution in [2.75, 3.05) is 12.9 Å². The van der Waals surface area contributed by atoms with Crippen LogP contribution < -0.4 is 10.5 Å². The highest BCUT2D eigenvalue weighted by Gasteiger charge is 2.28. The van der Waals surface area contributed by atoms with Gasteiger partial charge in [-0.2, -0.15) is 0 Å². The maximum absolute atomic E-state index is 11.7. The quantitative estimate of drug-likeness (QED) is 0.919. The van der Waals surface area contributed by atoms with E-state index in [1.54, 1.807) is 24.3 Å². The highest BCUT2D eigenvalue weighted by molar-refractivity contribution is 7.90. The second-order valence-corrected chi connectivity index (χ2v) is 7.41. The molecule has 19 heavy (non-hydrogen) atoms. The van der Waals surface area contributed by atoms with E-state index in [9.17, 15) is 8.42 Å². The van der Waals surface area contributed by atoms with E-state index >= 15 is 0 Å². The largest absolute Gasteiger partial charge is 0.490 e. The molecule has 0 atom stereocenters. The summed E-state index contributed by atoms with van der Waals surface area (Å²) in [5.74, 6) is 0.403. The van der Waals surface area contributed by atoms with Gasteiger partial charge in [-0.3, -0.25) is 0 Å². The number of sulfone groups is 1. The molecular formula is C14H21NO3S. The van der Waals surface area contributed by atoms with Gasteiger partial charge < -0.3 is 10.5 Å². The van der Waals surface area contributed by atoms with E-state index in [1.807, 2.05) is 0 Å². The number of rotatable bonds is 4. The summed E-state index contributed by atoms with van der Waals surface area (Å²) in [6.07, 6.45) is 6.52. The molecule has 0 radical (unpaired) electrons. The Morgan fingerprint density at radius 2 is 1.84 bits per heavy atom. The molecule has 1 saturated carbocycles. The zero-order chi connectivity index (χ0) is 13.9. The lowest BCUT2D eigenvalue weighted by Gasteiger charge is -2.33. The van der Waals surface area contributed by atoms with Gasteiger partial charge in [0, 0.05) is 6.26 Å². The fourth-order valence-corrected chi connectivity index (χ4v) is 3.32. The molecule has 1 aromatic rings. The van der Waals surface area contributed by atoms with Crippen LogP contribution in [-0.2, 0) is 9.84 Å². The number of benzene rings is 1. The topological polar surface area (TPSA) is 69.4 Å². The van der Waals surface area contributed by atoms with Crippen LogP contribution in [0, 0.1) is 0 Å². The predicted octanol–water partition coefficient (Wildman–Crippen LogP) is 2.13. The van der Waals surface area contributed by atoms with Crippen molar-refractivity contribution in [3.8, 4) is 5.75 Å². The van der Waals surface area contributed by atoms with Crippen LogP contribution in [0.25, 0.3) is 0 Å². The molecule has 1 aromatic carbocycles. The van der Waals surface area contributed by atoms with Crippen LogP contribution in [0.2, 0.25) is 0 Å². The van der Waals surface area contributed by atoms with Gasteiger partial charge in [-0.05, 0) is 25.0 Å². The Morgan fingerprint density at radius 3 is 2.47 bits per heavy atom. The Morgan fingerprint density at radius 1 is 1.21 bits per heavy atom. The van der Waals surface area contributed by atoms with Crippen LogP contribution in [0.5, 0.6) is 5.75 Å². The van der Waals surface area contributed by atoms with Gasteiger partial charge in [0.15, 0.2) is 9.84 Å². The minimum atomic E-state index is -3.27. The zero-order valence-corrected chi connectivity index (χ0v) is 12.1. The Kier molecular flexibility index (Phi) is 4.16. The van der Waals surface area contributed by atoms with Gasteiger partial charge in [0.1, 0.15) is 17.3 Å². The first-order chi connectivity index (χ1) is 8.91. The third kappa shape index (κ3) is 3.70. The van der Waals surface area contributed by atoms with Crippen molar-refractivity contribution in [2.45, 2.75) is 42.5 Å². The summed E-state index contributed by atoms with van der Waals surface area (Å²) in [5.41, 5.74) is 5.97. The van der Waals surface area contributed by atoms with Crippen molar-refractivity contribution in [2.24, 2.45) is 5.73 Å². The van der Waals surface area contributed by atoms with Crippen molar-refractivity contribution in [3.05, 3.63) is 24.3 Å². The maximum Gasteiger partial charge on any atom is 0.179 e. The fraction of sp³-hybridized carbons (Fsp3) is 0.571. The SMILES string of the molecule is CS(=O)(=O)c1ccccc1OCC1(N)CCCCC1. The Bertz CT molecular complexity index is 533. The number of para-hydroxylation sites is 1. The molecule has 0 unspecified atom stereocenters. The third-order valence-electron chi connectivity index (χ3n) is 3.61. The second-order valence-electron chi connectivity index (χ2n) is 5.43. The van der Waals surface area contributed by atoms with Gasteiger partial charge in [-0.15, -0.1) is 0 Å². The highest BCUT2D eigenvalue weighted by Crippen LogP contribution is 2.29. The number of hydrogen-bond donors (Lipinski definition) is 1. The van der Waals surface area contributed by atoms with Crippen LogP contribution in [0.15, 0.2) is 29.2 Å². The Labute approximate surface area is 114 Å². The van der Waals surface area contributed by atoms with E-state index in [2.05, 4.69) is 0 Å². The average Bonchev–Trinajstić information content (AvgIpc) is 2.37. The van der Waals surface area contributed by atoms with Gasteiger partial charge >= 0.3 is 0 Å². The summed E-state index contributed by atoms with van der Waals surface area (Å²) in [5, 5.41) is 0. The molecular weight excluding hydrogens is 262 g/mol. The third-order valence-corrected chi connectivity index (χ3v) is 4.75. The molecule has 0 spiro atoms. The summed E-state index contributed by atoms with van der Waals surface area (Å²) in [4.78, 5) is 0.231. The molecule has 0 heterocycles. The van der Waals surface area contributed by atoms with Crippen LogP contribution in [0.1, 0.15) is 32.1 Å². The van der Waals surface area contributed by atoms with Gasteiger partial charge in [0.2, 0.25) is 0 Å². The number of hydrogen-bond acceptors (Lipinski definition) is 4. The van der Waals surface area contributed by atoms with Crippen LogP contribution in [0.3, 0.4) is 0 Å². The van der Waals surface area contributed by atoms with E-state index in [-0.39, 0.29) is 10.4 Å². The standard InChI is InChI=1S/C14H21NO3S/c1-19(16,17)13-8-4-3-7-12(13)18-11-14(15)9-5-2-6-10-14/h3-4,7-8H,2,5-6,9-11,15H2,1H3. The summed E-state index contributed by atoms with van der Waals surface area (Å²) >= 11 is 0. The molecule has 2 N–H and O–H groups in total. The first-order valence-electron chi connectivity index (χ1n) is 6.62. The van der Waals surface area contributed by atoms with Gasteiger partial charge in [0.25, 0.3) is 0 Å². The number of nitrogens with two attached hydrogens (primary N) is 1. The van der Waals surface area contributed by atoms with E-state index in [0.29, 0.717) is 12.4 Å². The second kappa shape index (κ2) is 5.51. The summed E-state index contributed by atoms with van der Waals surface area (Å²) in [6.45, 7) is 0.375. The van der Waals surface area contributed by atoms with Gasteiger partial charge in [-0.1, -0.05) is 31.4 Å². The Hall–Kier alpha value is -1.07. The molecule has 0 aromatic heterocycles. The molecule has 106 valence electrons. The molecule has 0 aliphatic heterocycles. The predicted molar refractivity (Wildman–Crippen MR) is 75.1 cm³/mol. The van der Waals surface area contributed by atoms with E-state index in [0.717, 1.165) is 25.7 Å². The first-order valence-corrected chi connectivity index (χ1v) is 8.51. The minimum absolute atomic E-state index is 0.231. The zero-order valence-electron chi connectivity index (χ0n) is 11.3. The van der Waals surface area contributed by atoms with E-state index in [4.69, 9.17) is 10.5 Å². The minimum Gasteiger partial charge on any atom is -0.490 e. The van der Waals surface area contributed by atoms with Crippen molar-refractivity contribution in [3.63, 3.8) is 0 Å². The average molecular weight is 283 g/mol. The van der Waals surface area contributed by atoms with Crippen LogP contribution in [-0.4, -0.2) is 26.8 Å². The highest BCUT2D eigenvalue weighted by atomic mass is 32.2. The van der Waals surface area contributed by atoms with E-state index in [1.165, 1.54) is 12.7 Å². The van der Waals surface area contributed by atoms with E-state index < -0.39 is 9.84 Å². The molecule has 1 fully saturated rings.